The zero-order chi connectivity index (χ0) is 15.8. The van der Waals surface area contributed by atoms with Crippen LogP contribution in [0.3, 0.4) is 0 Å². The molecular formula is C15H23N7. The second kappa shape index (κ2) is 8.02. The summed E-state index contributed by atoms with van der Waals surface area (Å²) in [5.41, 5.74) is 1.20. The van der Waals surface area contributed by atoms with Crippen LogP contribution in [0.15, 0.2) is 41.7 Å². The summed E-state index contributed by atoms with van der Waals surface area (Å²) in [6, 6.07) is 10.3. The Balaban J connectivity index is 1.74. The highest BCUT2D eigenvalue weighted by Gasteiger charge is 2.03. The third-order valence-electron chi connectivity index (χ3n) is 3.38. The van der Waals surface area contributed by atoms with Crippen molar-refractivity contribution in [1.29, 1.82) is 0 Å². The first-order valence-corrected chi connectivity index (χ1v) is 7.24. The summed E-state index contributed by atoms with van der Waals surface area (Å²) in [6.45, 7) is 2.27. The Morgan fingerprint density at radius 1 is 1.27 bits per heavy atom. The minimum Gasteiger partial charge on any atom is -0.373 e. The molecule has 0 bridgehead atoms. The van der Waals surface area contributed by atoms with Gasteiger partial charge in [0.1, 0.15) is 12.2 Å². The van der Waals surface area contributed by atoms with E-state index >= 15 is 0 Å². The van der Waals surface area contributed by atoms with Crippen LogP contribution in [-0.2, 0) is 13.6 Å². The Bertz CT molecular complexity index is 591. The molecule has 0 aliphatic rings. The second-order valence-corrected chi connectivity index (χ2v) is 4.91. The van der Waals surface area contributed by atoms with Crippen LogP contribution < -0.4 is 15.5 Å². The van der Waals surface area contributed by atoms with Gasteiger partial charge in [-0.1, -0.05) is 18.2 Å². The lowest BCUT2D eigenvalue weighted by Crippen LogP contribution is -2.41. The monoisotopic (exact) mass is 301 g/mol. The first-order valence-electron chi connectivity index (χ1n) is 7.24. The molecule has 118 valence electrons. The molecule has 0 saturated heterocycles. The van der Waals surface area contributed by atoms with Gasteiger partial charge in [0.15, 0.2) is 5.96 Å². The van der Waals surface area contributed by atoms with Gasteiger partial charge in [0.2, 0.25) is 0 Å². The van der Waals surface area contributed by atoms with Crippen molar-refractivity contribution in [2.24, 2.45) is 12.0 Å². The van der Waals surface area contributed by atoms with E-state index in [4.69, 9.17) is 0 Å². The van der Waals surface area contributed by atoms with Crippen LogP contribution in [0.2, 0.25) is 0 Å². The Morgan fingerprint density at radius 3 is 2.68 bits per heavy atom. The maximum Gasteiger partial charge on any atom is 0.191 e. The van der Waals surface area contributed by atoms with E-state index in [1.54, 1.807) is 18.1 Å². The van der Waals surface area contributed by atoms with Gasteiger partial charge in [-0.3, -0.25) is 9.67 Å². The van der Waals surface area contributed by atoms with Crippen LogP contribution in [0.5, 0.6) is 0 Å². The van der Waals surface area contributed by atoms with Gasteiger partial charge in [-0.2, -0.15) is 5.10 Å². The molecule has 1 heterocycles. The van der Waals surface area contributed by atoms with Crippen LogP contribution in [0.1, 0.15) is 5.82 Å². The minimum absolute atomic E-state index is 0.588. The summed E-state index contributed by atoms with van der Waals surface area (Å²) < 4.78 is 1.74. The van der Waals surface area contributed by atoms with Crippen molar-refractivity contribution in [3.05, 3.63) is 42.5 Å². The molecular weight excluding hydrogens is 278 g/mol. The second-order valence-electron chi connectivity index (χ2n) is 4.91. The zero-order valence-corrected chi connectivity index (χ0v) is 13.3. The standard InChI is InChI=1S/C15H23N7/c1-16-15(18-11-14-19-12-20-22(14)3)17-9-10-21(2)13-7-5-4-6-8-13/h4-8,12H,9-11H2,1-3H3,(H2,16,17,18). The van der Waals surface area contributed by atoms with E-state index in [0.717, 1.165) is 24.9 Å². The number of hydrogen-bond acceptors (Lipinski definition) is 4. The van der Waals surface area contributed by atoms with E-state index in [-0.39, 0.29) is 0 Å². The predicted molar refractivity (Wildman–Crippen MR) is 88.9 cm³/mol. The smallest absolute Gasteiger partial charge is 0.191 e. The summed E-state index contributed by atoms with van der Waals surface area (Å²) in [6.07, 6.45) is 1.54. The maximum atomic E-state index is 4.21. The van der Waals surface area contributed by atoms with Crippen molar-refractivity contribution < 1.29 is 0 Å². The van der Waals surface area contributed by atoms with Gasteiger partial charge in [-0.05, 0) is 12.1 Å². The van der Waals surface area contributed by atoms with Gasteiger partial charge < -0.3 is 15.5 Å². The average Bonchev–Trinajstić information content (AvgIpc) is 2.96. The van der Waals surface area contributed by atoms with E-state index in [0.29, 0.717) is 6.54 Å². The number of anilines is 1. The first-order chi connectivity index (χ1) is 10.7. The molecule has 0 spiro atoms. The molecule has 0 unspecified atom stereocenters. The molecule has 7 nitrogen and oxygen atoms in total. The number of hydrogen-bond donors (Lipinski definition) is 2. The van der Waals surface area contributed by atoms with Gasteiger partial charge in [0.25, 0.3) is 0 Å². The highest BCUT2D eigenvalue weighted by atomic mass is 15.3. The van der Waals surface area contributed by atoms with Gasteiger partial charge >= 0.3 is 0 Å². The lowest BCUT2D eigenvalue weighted by molar-refractivity contribution is 0.672. The van der Waals surface area contributed by atoms with Crippen molar-refractivity contribution in [2.75, 3.05) is 32.1 Å². The Morgan fingerprint density at radius 2 is 2.05 bits per heavy atom. The van der Waals surface area contributed by atoms with Crippen molar-refractivity contribution >= 4 is 11.6 Å². The number of para-hydroxylation sites is 1. The fourth-order valence-electron chi connectivity index (χ4n) is 2.02. The lowest BCUT2D eigenvalue weighted by atomic mass is 10.3. The van der Waals surface area contributed by atoms with Crippen LogP contribution in [0.25, 0.3) is 0 Å². The highest BCUT2D eigenvalue weighted by Crippen LogP contribution is 2.09. The van der Waals surface area contributed by atoms with Crippen LogP contribution in [0, 0.1) is 0 Å². The number of likely N-dealkylation sites (N-methyl/N-ethyl adjacent to an activating group) is 1. The molecule has 0 radical (unpaired) electrons. The van der Waals surface area contributed by atoms with Gasteiger partial charge in [0, 0.05) is 39.9 Å². The topological polar surface area (TPSA) is 70.4 Å². The molecule has 0 atom stereocenters. The quantitative estimate of drug-likeness (QED) is 0.604. The van der Waals surface area contributed by atoms with Crippen molar-refractivity contribution in [3.63, 3.8) is 0 Å². The fourth-order valence-corrected chi connectivity index (χ4v) is 2.02. The fraction of sp³-hybridized carbons (Fsp3) is 0.400. The number of nitrogens with one attached hydrogen (secondary N) is 2. The molecule has 0 saturated carbocycles. The van der Waals surface area contributed by atoms with Crippen molar-refractivity contribution in [2.45, 2.75) is 6.54 Å². The Labute approximate surface area is 131 Å². The normalized spacial score (nSPS) is 11.3. The summed E-state index contributed by atoms with van der Waals surface area (Å²) >= 11 is 0. The number of rotatable bonds is 6. The molecule has 2 rings (SSSR count). The highest BCUT2D eigenvalue weighted by molar-refractivity contribution is 5.79. The van der Waals surface area contributed by atoms with E-state index in [1.807, 2.05) is 25.2 Å². The number of guanidine groups is 1. The average molecular weight is 301 g/mol. The van der Waals surface area contributed by atoms with Crippen molar-refractivity contribution in [1.82, 2.24) is 25.4 Å². The lowest BCUT2D eigenvalue weighted by Gasteiger charge is -2.20. The molecule has 0 amide bonds. The summed E-state index contributed by atoms with van der Waals surface area (Å²) in [4.78, 5) is 10.6. The van der Waals surface area contributed by atoms with Gasteiger partial charge in [-0.25, -0.2) is 4.98 Å². The molecule has 1 aromatic heterocycles. The molecule has 0 aliphatic heterocycles. The number of nitrogens with zero attached hydrogens (tertiary/aromatic N) is 5. The van der Waals surface area contributed by atoms with Crippen LogP contribution >= 0.6 is 0 Å². The third kappa shape index (κ3) is 4.47. The minimum atomic E-state index is 0.588. The summed E-state index contributed by atoms with van der Waals surface area (Å²) in [5.74, 6) is 1.62. The number of aryl methyl sites for hydroxylation is 1. The molecule has 1 aromatic carbocycles. The van der Waals surface area contributed by atoms with E-state index in [9.17, 15) is 0 Å². The molecule has 0 fully saturated rings. The molecule has 7 heteroatoms. The zero-order valence-electron chi connectivity index (χ0n) is 13.3. The number of aliphatic imine (C=N–C) groups is 1. The Hall–Kier alpha value is -2.57. The van der Waals surface area contributed by atoms with Gasteiger partial charge in [0.05, 0.1) is 6.54 Å². The number of benzene rings is 1. The molecule has 22 heavy (non-hydrogen) atoms. The van der Waals surface area contributed by atoms with Crippen molar-refractivity contribution in [3.8, 4) is 0 Å². The largest absolute Gasteiger partial charge is 0.373 e. The molecule has 0 aliphatic carbocycles. The third-order valence-corrected chi connectivity index (χ3v) is 3.38. The van der Waals surface area contributed by atoms with E-state index in [1.165, 1.54) is 5.69 Å². The Kier molecular flexibility index (Phi) is 5.76. The van der Waals surface area contributed by atoms with E-state index in [2.05, 4.69) is 49.8 Å². The van der Waals surface area contributed by atoms with E-state index < -0.39 is 0 Å². The van der Waals surface area contributed by atoms with Crippen LogP contribution in [0.4, 0.5) is 5.69 Å². The van der Waals surface area contributed by atoms with Crippen LogP contribution in [-0.4, -0.2) is 47.9 Å². The SMILES string of the molecule is CN=C(NCCN(C)c1ccccc1)NCc1ncnn1C. The summed E-state index contributed by atoms with van der Waals surface area (Å²) in [7, 11) is 5.70. The number of aromatic nitrogens is 3. The van der Waals surface area contributed by atoms with Gasteiger partial charge in [-0.15, -0.1) is 0 Å². The molecule has 2 aromatic rings. The predicted octanol–water partition coefficient (Wildman–Crippen LogP) is 0.616. The molecule has 2 N–H and O–H groups in total. The first kappa shape index (κ1) is 15.8. The maximum absolute atomic E-state index is 4.21. The summed E-state index contributed by atoms with van der Waals surface area (Å²) in [5, 5.41) is 10.6.